The number of rotatable bonds is 9. The number of hydrogen-bond acceptors (Lipinski definition) is 5. The molecule has 2 N–H and O–H groups in total. The molecule has 0 unspecified atom stereocenters. The van der Waals surface area contributed by atoms with Gasteiger partial charge in [-0.2, -0.15) is 0 Å². The number of carbonyl (C=O) groups is 1. The van der Waals surface area contributed by atoms with Crippen LogP contribution in [0.5, 0.6) is 11.5 Å². The normalized spacial score (nSPS) is 12.0. The van der Waals surface area contributed by atoms with E-state index < -0.39 is 10.0 Å². The fourth-order valence-corrected chi connectivity index (χ4v) is 4.41. The van der Waals surface area contributed by atoms with Gasteiger partial charge in [0.05, 0.1) is 18.0 Å². The molecule has 33 heavy (non-hydrogen) atoms. The number of methoxy groups -OCH3 is 1. The van der Waals surface area contributed by atoms with Crippen molar-refractivity contribution in [1.82, 2.24) is 5.32 Å². The summed E-state index contributed by atoms with van der Waals surface area (Å²) in [4.78, 5) is 12.3. The van der Waals surface area contributed by atoms with E-state index in [9.17, 15) is 13.2 Å². The van der Waals surface area contributed by atoms with Gasteiger partial charge in [0.2, 0.25) is 0 Å². The zero-order valence-electron chi connectivity index (χ0n) is 19.1. The van der Waals surface area contributed by atoms with E-state index in [4.69, 9.17) is 9.47 Å². The minimum absolute atomic E-state index is 0.103. The van der Waals surface area contributed by atoms with Gasteiger partial charge in [-0.25, -0.2) is 8.42 Å². The molecule has 7 nitrogen and oxygen atoms in total. The maximum absolute atomic E-state index is 12.7. The van der Waals surface area contributed by atoms with Gasteiger partial charge in [-0.3, -0.25) is 9.52 Å². The van der Waals surface area contributed by atoms with Gasteiger partial charge < -0.3 is 14.8 Å². The van der Waals surface area contributed by atoms with Gasteiger partial charge in [0.15, 0.2) is 6.61 Å². The molecular formula is C25H28N2O5S. The van der Waals surface area contributed by atoms with Crippen molar-refractivity contribution in [3.05, 3.63) is 83.4 Å². The van der Waals surface area contributed by atoms with Crippen molar-refractivity contribution < 1.29 is 22.7 Å². The second kappa shape index (κ2) is 10.4. The van der Waals surface area contributed by atoms with E-state index >= 15 is 0 Å². The van der Waals surface area contributed by atoms with Gasteiger partial charge in [-0.1, -0.05) is 18.2 Å². The van der Waals surface area contributed by atoms with Crippen molar-refractivity contribution >= 4 is 21.6 Å². The minimum Gasteiger partial charge on any atom is -0.497 e. The fourth-order valence-electron chi connectivity index (χ4n) is 3.37. The first-order chi connectivity index (χ1) is 15.7. The van der Waals surface area contributed by atoms with E-state index in [0.717, 1.165) is 22.4 Å². The average molecular weight is 469 g/mol. The molecule has 0 radical (unpaired) electrons. The molecule has 0 fully saturated rings. The molecule has 0 heterocycles. The number of ether oxygens (including phenoxy) is 2. The van der Waals surface area contributed by atoms with Gasteiger partial charge in [0.1, 0.15) is 11.5 Å². The number of benzene rings is 3. The van der Waals surface area contributed by atoms with Gasteiger partial charge in [-0.05, 0) is 86.0 Å². The summed E-state index contributed by atoms with van der Waals surface area (Å²) >= 11 is 0. The standard InChI is InChI=1S/C25H28N2O5S/c1-17-13-18(2)15-21(14-17)27-33(29,30)24-11-9-23(10-12-24)32-16-25(28)26-19(3)20-5-7-22(31-4)8-6-20/h5-15,19,27H,16H2,1-4H3,(H,26,28)/t19-/m0/s1. The molecule has 3 aromatic rings. The molecule has 3 rings (SSSR count). The Bertz CT molecular complexity index is 1190. The van der Waals surface area contributed by atoms with Crippen LogP contribution in [0.2, 0.25) is 0 Å². The maximum atomic E-state index is 12.7. The second-order valence-corrected chi connectivity index (χ2v) is 9.49. The fraction of sp³-hybridized carbons (Fsp3) is 0.240. The molecule has 8 heteroatoms. The molecule has 0 bridgehead atoms. The highest BCUT2D eigenvalue weighted by Crippen LogP contribution is 2.21. The van der Waals surface area contributed by atoms with Crippen molar-refractivity contribution in [3.63, 3.8) is 0 Å². The highest BCUT2D eigenvalue weighted by atomic mass is 32.2. The highest BCUT2D eigenvalue weighted by molar-refractivity contribution is 7.92. The summed E-state index contributed by atoms with van der Waals surface area (Å²) in [5, 5.41) is 2.87. The average Bonchev–Trinajstić information content (AvgIpc) is 2.77. The molecule has 0 saturated heterocycles. The van der Waals surface area contributed by atoms with Crippen LogP contribution in [0.15, 0.2) is 71.6 Å². The van der Waals surface area contributed by atoms with Crippen LogP contribution in [0.3, 0.4) is 0 Å². The molecule has 1 amide bonds. The third-order valence-corrected chi connectivity index (χ3v) is 6.37. The zero-order chi connectivity index (χ0) is 24.0. The molecule has 0 aliphatic rings. The molecule has 1 atom stereocenters. The molecule has 174 valence electrons. The molecule has 0 spiro atoms. The van der Waals surface area contributed by atoms with Crippen molar-refractivity contribution in [1.29, 1.82) is 0 Å². The van der Waals surface area contributed by atoms with Gasteiger partial charge >= 0.3 is 0 Å². The summed E-state index contributed by atoms with van der Waals surface area (Å²) in [6.07, 6.45) is 0. The first-order valence-electron chi connectivity index (χ1n) is 10.4. The summed E-state index contributed by atoms with van der Waals surface area (Å²) in [5.41, 5.74) is 3.39. The third kappa shape index (κ3) is 6.73. The van der Waals surface area contributed by atoms with Crippen LogP contribution in [-0.2, 0) is 14.8 Å². The summed E-state index contributed by atoms with van der Waals surface area (Å²) in [6.45, 7) is 5.51. The molecule has 0 aromatic heterocycles. The Morgan fingerprint density at radius 1 is 0.909 bits per heavy atom. The Labute approximate surface area is 194 Å². The first kappa shape index (κ1) is 24.1. The zero-order valence-corrected chi connectivity index (χ0v) is 19.9. The number of hydrogen-bond donors (Lipinski definition) is 2. The predicted molar refractivity (Wildman–Crippen MR) is 128 cm³/mol. The molecule has 0 aliphatic carbocycles. The Morgan fingerprint density at radius 3 is 2.06 bits per heavy atom. The van der Waals surface area contributed by atoms with Crippen LogP contribution in [0.25, 0.3) is 0 Å². The van der Waals surface area contributed by atoms with E-state index in [0.29, 0.717) is 11.4 Å². The van der Waals surface area contributed by atoms with Gasteiger partial charge in [0, 0.05) is 5.69 Å². The molecular weight excluding hydrogens is 440 g/mol. The Kier molecular flexibility index (Phi) is 7.60. The molecule has 0 saturated carbocycles. The minimum atomic E-state index is -3.74. The summed E-state index contributed by atoms with van der Waals surface area (Å²) in [5.74, 6) is 0.856. The van der Waals surface area contributed by atoms with Crippen molar-refractivity contribution in [2.45, 2.75) is 31.7 Å². The summed E-state index contributed by atoms with van der Waals surface area (Å²) < 4.78 is 38.6. The Morgan fingerprint density at radius 2 is 1.48 bits per heavy atom. The van der Waals surface area contributed by atoms with Crippen molar-refractivity contribution in [2.75, 3.05) is 18.4 Å². The van der Waals surface area contributed by atoms with Gasteiger partial charge in [0.25, 0.3) is 15.9 Å². The SMILES string of the molecule is COc1ccc([C@H](C)NC(=O)COc2ccc(S(=O)(=O)Nc3cc(C)cc(C)c3)cc2)cc1. The van der Waals surface area contributed by atoms with Crippen LogP contribution in [0.1, 0.15) is 29.7 Å². The number of amides is 1. The maximum Gasteiger partial charge on any atom is 0.261 e. The lowest BCUT2D eigenvalue weighted by Gasteiger charge is -2.15. The lowest BCUT2D eigenvalue weighted by Crippen LogP contribution is -2.31. The predicted octanol–water partition coefficient (Wildman–Crippen LogP) is 4.37. The van der Waals surface area contributed by atoms with Crippen LogP contribution >= 0.6 is 0 Å². The Balaban J connectivity index is 1.55. The largest absolute Gasteiger partial charge is 0.497 e. The van der Waals surface area contributed by atoms with Crippen molar-refractivity contribution in [3.8, 4) is 11.5 Å². The summed E-state index contributed by atoms with van der Waals surface area (Å²) in [6, 6.07) is 18.7. The van der Waals surface area contributed by atoms with Crippen LogP contribution in [0, 0.1) is 13.8 Å². The lowest BCUT2D eigenvalue weighted by molar-refractivity contribution is -0.123. The van der Waals surface area contributed by atoms with E-state index in [-0.39, 0.29) is 23.5 Å². The lowest BCUT2D eigenvalue weighted by atomic mass is 10.1. The summed E-state index contributed by atoms with van der Waals surface area (Å²) in [7, 11) is -2.14. The van der Waals surface area contributed by atoms with E-state index in [2.05, 4.69) is 10.0 Å². The van der Waals surface area contributed by atoms with E-state index in [1.807, 2.05) is 51.1 Å². The number of sulfonamides is 1. The quantitative estimate of drug-likeness (QED) is 0.486. The van der Waals surface area contributed by atoms with Crippen LogP contribution in [0.4, 0.5) is 5.69 Å². The third-order valence-electron chi connectivity index (χ3n) is 4.97. The van der Waals surface area contributed by atoms with Gasteiger partial charge in [-0.15, -0.1) is 0 Å². The number of anilines is 1. The number of carbonyl (C=O) groups excluding carboxylic acids is 1. The van der Waals surface area contributed by atoms with E-state index in [1.165, 1.54) is 24.3 Å². The number of nitrogens with one attached hydrogen (secondary N) is 2. The second-order valence-electron chi connectivity index (χ2n) is 7.80. The van der Waals surface area contributed by atoms with Crippen LogP contribution < -0.4 is 19.5 Å². The Hall–Kier alpha value is -3.52. The topological polar surface area (TPSA) is 93.7 Å². The monoisotopic (exact) mass is 468 g/mol. The highest BCUT2D eigenvalue weighted by Gasteiger charge is 2.15. The van der Waals surface area contributed by atoms with Crippen LogP contribution in [-0.4, -0.2) is 28.0 Å². The molecule has 3 aromatic carbocycles. The van der Waals surface area contributed by atoms with Crippen molar-refractivity contribution in [2.24, 2.45) is 0 Å². The molecule has 0 aliphatic heterocycles. The smallest absolute Gasteiger partial charge is 0.261 e. The number of aryl methyl sites for hydroxylation is 2. The first-order valence-corrected chi connectivity index (χ1v) is 11.9. The van der Waals surface area contributed by atoms with E-state index in [1.54, 1.807) is 19.2 Å².